The highest BCUT2D eigenvalue weighted by Gasteiger charge is 2.25. The van der Waals surface area contributed by atoms with E-state index < -0.39 is 10.0 Å². The molecular weight excluding hydrogens is 292 g/mol. The maximum Gasteiger partial charge on any atom is 0.305 e. The summed E-state index contributed by atoms with van der Waals surface area (Å²) in [7, 11) is -2.09. The van der Waals surface area contributed by atoms with Crippen LogP contribution in [0, 0.1) is 6.92 Å². The summed E-state index contributed by atoms with van der Waals surface area (Å²) in [5.74, 6) is 0. The molecule has 0 saturated carbocycles. The van der Waals surface area contributed by atoms with Crippen LogP contribution >= 0.6 is 22.7 Å². The molecule has 0 aliphatic heterocycles. The van der Waals surface area contributed by atoms with E-state index in [9.17, 15) is 13.2 Å². The first-order valence-electron chi connectivity index (χ1n) is 5.09. The van der Waals surface area contributed by atoms with Gasteiger partial charge in [-0.3, -0.25) is 4.79 Å². The van der Waals surface area contributed by atoms with Gasteiger partial charge >= 0.3 is 4.87 Å². The molecule has 18 heavy (non-hydrogen) atoms. The maximum absolute atomic E-state index is 12.3. The van der Waals surface area contributed by atoms with Crippen LogP contribution in [0.3, 0.4) is 0 Å². The Bertz CT molecular complexity index is 682. The van der Waals surface area contributed by atoms with Crippen LogP contribution in [0.15, 0.2) is 26.5 Å². The van der Waals surface area contributed by atoms with Gasteiger partial charge in [-0.15, -0.1) is 11.3 Å². The van der Waals surface area contributed by atoms with E-state index in [0.29, 0.717) is 12.2 Å². The Morgan fingerprint density at radius 3 is 2.67 bits per heavy atom. The molecule has 0 spiro atoms. The molecule has 0 fully saturated rings. The Morgan fingerprint density at radius 1 is 1.44 bits per heavy atom. The summed E-state index contributed by atoms with van der Waals surface area (Å²) in [4.78, 5) is 14.3. The van der Waals surface area contributed by atoms with Crippen molar-refractivity contribution in [3.8, 4) is 0 Å². The molecule has 0 unspecified atom stereocenters. The SMILES string of the molecule is Cc1[nH]c(=O)sc1S(=O)(=O)N(C)Cc1cccs1. The van der Waals surface area contributed by atoms with Gasteiger partial charge in [0.1, 0.15) is 0 Å². The van der Waals surface area contributed by atoms with Crippen molar-refractivity contribution in [2.75, 3.05) is 7.05 Å². The molecule has 0 aromatic carbocycles. The molecule has 0 saturated heterocycles. The van der Waals surface area contributed by atoms with Crippen molar-refractivity contribution in [3.63, 3.8) is 0 Å². The molecule has 5 nitrogen and oxygen atoms in total. The summed E-state index contributed by atoms with van der Waals surface area (Å²) in [5, 5.41) is 1.90. The normalized spacial score (nSPS) is 12.2. The van der Waals surface area contributed by atoms with Crippen LogP contribution in [0.25, 0.3) is 0 Å². The van der Waals surface area contributed by atoms with Gasteiger partial charge in [-0.1, -0.05) is 17.4 Å². The summed E-state index contributed by atoms with van der Waals surface area (Å²) in [6.45, 7) is 1.90. The van der Waals surface area contributed by atoms with Crippen molar-refractivity contribution in [2.24, 2.45) is 0 Å². The average molecular weight is 304 g/mol. The summed E-state index contributed by atoms with van der Waals surface area (Å²) in [6, 6.07) is 3.75. The Morgan fingerprint density at radius 2 is 2.17 bits per heavy atom. The lowest BCUT2D eigenvalue weighted by molar-refractivity contribution is 0.471. The average Bonchev–Trinajstić information content (AvgIpc) is 2.88. The highest BCUT2D eigenvalue weighted by atomic mass is 32.2. The predicted octanol–water partition coefficient (Wildman–Crippen LogP) is 1.63. The lowest BCUT2D eigenvalue weighted by atomic mass is 10.5. The number of nitrogens with zero attached hydrogens (tertiary/aromatic N) is 1. The first-order chi connectivity index (χ1) is 8.41. The quantitative estimate of drug-likeness (QED) is 0.933. The molecule has 0 aliphatic rings. The molecule has 1 N–H and O–H groups in total. The topological polar surface area (TPSA) is 70.2 Å². The standard InChI is InChI=1S/C10H12N2O3S3/c1-7-9(17-10(13)11-7)18(14,15)12(2)6-8-4-3-5-16-8/h3-5H,6H2,1-2H3,(H,11,13). The second-order valence-electron chi connectivity index (χ2n) is 3.77. The van der Waals surface area contributed by atoms with Gasteiger partial charge in [0.15, 0.2) is 4.21 Å². The van der Waals surface area contributed by atoms with Gasteiger partial charge in [0.05, 0.1) is 0 Å². The Balaban J connectivity index is 2.31. The summed E-state index contributed by atoms with van der Waals surface area (Å²) >= 11 is 2.22. The molecule has 98 valence electrons. The number of nitrogens with one attached hydrogen (secondary N) is 1. The zero-order valence-corrected chi connectivity index (χ0v) is 12.3. The van der Waals surface area contributed by atoms with Crippen LogP contribution in [0.4, 0.5) is 0 Å². The summed E-state index contributed by atoms with van der Waals surface area (Å²) < 4.78 is 25.9. The number of rotatable bonds is 4. The van der Waals surface area contributed by atoms with E-state index in [1.54, 1.807) is 6.92 Å². The van der Waals surface area contributed by atoms with Gasteiger partial charge in [0.2, 0.25) is 0 Å². The second kappa shape index (κ2) is 4.96. The monoisotopic (exact) mass is 304 g/mol. The molecule has 0 aliphatic carbocycles. The molecule has 2 aromatic rings. The van der Waals surface area contributed by atoms with Gasteiger partial charge in [-0.05, 0) is 18.4 Å². The third-order valence-corrected chi connectivity index (χ3v) is 6.63. The first-order valence-corrected chi connectivity index (χ1v) is 8.23. The van der Waals surface area contributed by atoms with Crippen molar-refractivity contribution in [2.45, 2.75) is 17.7 Å². The maximum atomic E-state index is 12.3. The van der Waals surface area contributed by atoms with E-state index in [1.807, 2.05) is 17.5 Å². The summed E-state index contributed by atoms with van der Waals surface area (Å²) in [6.07, 6.45) is 0. The van der Waals surface area contributed by atoms with E-state index in [1.165, 1.54) is 22.7 Å². The van der Waals surface area contributed by atoms with Gasteiger partial charge in [0.25, 0.3) is 10.0 Å². The molecule has 0 bridgehead atoms. The number of sulfonamides is 1. The fraction of sp³-hybridized carbons (Fsp3) is 0.300. The molecule has 2 rings (SSSR count). The fourth-order valence-electron chi connectivity index (χ4n) is 1.49. The molecule has 2 heterocycles. The minimum atomic E-state index is -3.60. The molecule has 2 aromatic heterocycles. The fourth-order valence-corrected chi connectivity index (χ4v) is 4.96. The Kier molecular flexibility index (Phi) is 3.71. The largest absolute Gasteiger partial charge is 0.315 e. The predicted molar refractivity (Wildman–Crippen MR) is 72.6 cm³/mol. The number of H-pyrrole nitrogens is 1. The van der Waals surface area contributed by atoms with E-state index in [0.717, 1.165) is 16.2 Å². The van der Waals surface area contributed by atoms with Gasteiger partial charge < -0.3 is 4.98 Å². The third-order valence-electron chi connectivity index (χ3n) is 2.38. The Hall–Kier alpha value is -0.960. The van der Waals surface area contributed by atoms with E-state index in [-0.39, 0.29) is 9.08 Å². The van der Waals surface area contributed by atoms with Crippen molar-refractivity contribution in [1.82, 2.24) is 9.29 Å². The third kappa shape index (κ3) is 2.56. The lowest BCUT2D eigenvalue weighted by Crippen LogP contribution is -2.26. The van der Waals surface area contributed by atoms with E-state index in [2.05, 4.69) is 4.98 Å². The molecule has 0 radical (unpaired) electrons. The smallest absolute Gasteiger partial charge is 0.305 e. The van der Waals surface area contributed by atoms with Gasteiger partial charge in [-0.2, -0.15) is 4.31 Å². The number of thiophene rings is 1. The summed E-state index contributed by atoms with van der Waals surface area (Å²) in [5.41, 5.74) is 0.392. The van der Waals surface area contributed by atoms with Gasteiger partial charge in [0, 0.05) is 24.2 Å². The molecule has 8 heteroatoms. The number of thiazole rings is 1. The van der Waals surface area contributed by atoms with Gasteiger partial charge in [-0.25, -0.2) is 8.42 Å². The molecule has 0 amide bonds. The molecule has 0 atom stereocenters. The van der Waals surface area contributed by atoms with Crippen molar-refractivity contribution in [3.05, 3.63) is 37.8 Å². The van der Waals surface area contributed by atoms with Crippen molar-refractivity contribution in [1.29, 1.82) is 0 Å². The Labute approximate surface area is 113 Å². The molecular formula is C10H12N2O3S3. The highest BCUT2D eigenvalue weighted by molar-refractivity contribution is 7.91. The zero-order valence-electron chi connectivity index (χ0n) is 9.84. The first kappa shape index (κ1) is 13.5. The van der Waals surface area contributed by atoms with Crippen molar-refractivity contribution >= 4 is 32.7 Å². The van der Waals surface area contributed by atoms with Crippen LogP contribution in [0.5, 0.6) is 0 Å². The minimum Gasteiger partial charge on any atom is -0.315 e. The number of aryl methyl sites for hydroxylation is 1. The number of aromatic amines is 1. The van der Waals surface area contributed by atoms with E-state index in [4.69, 9.17) is 0 Å². The van der Waals surface area contributed by atoms with Crippen LogP contribution in [-0.2, 0) is 16.6 Å². The second-order valence-corrected chi connectivity index (χ2v) is 8.02. The number of hydrogen-bond acceptors (Lipinski definition) is 5. The highest BCUT2D eigenvalue weighted by Crippen LogP contribution is 2.22. The lowest BCUT2D eigenvalue weighted by Gasteiger charge is -2.15. The number of aromatic nitrogens is 1. The van der Waals surface area contributed by atoms with Crippen molar-refractivity contribution < 1.29 is 8.42 Å². The van der Waals surface area contributed by atoms with Crippen LogP contribution < -0.4 is 4.87 Å². The zero-order chi connectivity index (χ0) is 13.3. The van der Waals surface area contributed by atoms with Crippen LogP contribution in [0.1, 0.15) is 10.6 Å². The van der Waals surface area contributed by atoms with Crippen LogP contribution in [-0.4, -0.2) is 24.8 Å². The minimum absolute atomic E-state index is 0.0894. The van der Waals surface area contributed by atoms with E-state index >= 15 is 0 Å². The number of hydrogen-bond donors (Lipinski definition) is 1. The van der Waals surface area contributed by atoms with Crippen LogP contribution in [0.2, 0.25) is 0 Å².